The number of esters is 1. The van der Waals surface area contributed by atoms with Gasteiger partial charge < -0.3 is 4.74 Å². The van der Waals surface area contributed by atoms with Crippen LogP contribution in [-0.4, -0.2) is 42.0 Å². The van der Waals surface area contributed by atoms with Gasteiger partial charge in [-0.1, -0.05) is 42.5 Å². The number of nitrogens with zero attached hydrogens (tertiary/aromatic N) is 2. The quantitative estimate of drug-likeness (QED) is 0.436. The average Bonchev–Trinajstić information content (AvgIpc) is 3.22. The number of carbonyl (C=O) groups is 2. The van der Waals surface area contributed by atoms with Crippen LogP contribution in [0.3, 0.4) is 0 Å². The van der Waals surface area contributed by atoms with Crippen LogP contribution in [0.1, 0.15) is 17.5 Å². The van der Waals surface area contributed by atoms with Crippen molar-refractivity contribution in [3.05, 3.63) is 71.8 Å². The molecule has 1 amide bonds. The summed E-state index contributed by atoms with van der Waals surface area (Å²) in [7, 11) is 0. The topological polar surface area (TPSA) is 59.0 Å². The molecule has 0 fully saturated rings. The number of hydrazone groups is 1. The second-order valence-electron chi connectivity index (χ2n) is 5.89. The first kappa shape index (κ1) is 18.9. The number of amides is 1. The van der Waals surface area contributed by atoms with E-state index >= 15 is 0 Å². The molecule has 0 aromatic heterocycles. The Kier molecular flexibility index (Phi) is 6.44. The fourth-order valence-electron chi connectivity index (χ4n) is 2.61. The smallest absolute Gasteiger partial charge is 0.331 e. The molecule has 138 valence electrons. The van der Waals surface area contributed by atoms with Gasteiger partial charge in [0.15, 0.2) is 6.61 Å². The number of hydrogen-bond acceptors (Lipinski definition) is 5. The summed E-state index contributed by atoms with van der Waals surface area (Å²) in [6, 6.07) is 17.5. The molecule has 0 atom stereocenters. The lowest BCUT2D eigenvalue weighted by Crippen LogP contribution is -2.28. The molecule has 3 rings (SSSR count). The van der Waals surface area contributed by atoms with Gasteiger partial charge in [0.25, 0.3) is 5.91 Å². The molecule has 1 aliphatic rings. The Hall–Kier alpha value is -2.86. The zero-order valence-electron chi connectivity index (χ0n) is 15.0. The summed E-state index contributed by atoms with van der Waals surface area (Å²) in [5, 5.41) is 5.70. The first-order chi connectivity index (χ1) is 13.2. The van der Waals surface area contributed by atoms with Crippen molar-refractivity contribution in [1.29, 1.82) is 0 Å². The minimum Gasteiger partial charge on any atom is -0.452 e. The monoisotopic (exact) mass is 380 g/mol. The van der Waals surface area contributed by atoms with Gasteiger partial charge in [0.05, 0.1) is 12.3 Å². The molecule has 0 saturated heterocycles. The summed E-state index contributed by atoms with van der Waals surface area (Å²) in [5.74, 6) is -0.879. The molecule has 0 unspecified atom stereocenters. The fourth-order valence-corrected chi connectivity index (χ4v) is 3.01. The van der Waals surface area contributed by atoms with E-state index in [0.717, 1.165) is 21.7 Å². The third kappa shape index (κ3) is 5.31. The predicted octanol–water partition coefficient (Wildman–Crippen LogP) is 3.60. The third-order valence-corrected chi connectivity index (χ3v) is 4.81. The van der Waals surface area contributed by atoms with Gasteiger partial charge in [0.1, 0.15) is 0 Å². The predicted molar refractivity (Wildman–Crippen MR) is 108 cm³/mol. The number of ether oxygens (including phenoxy) is 1. The molecule has 0 radical (unpaired) electrons. The van der Waals surface area contributed by atoms with E-state index in [4.69, 9.17) is 4.74 Å². The van der Waals surface area contributed by atoms with Crippen molar-refractivity contribution in [2.45, 2.75) is 11.3 Å². The maximum Gasteiger partial charge on any atom is 0.331 e. The highest BCUT2D eigenvalue weighted by Gasteiger charge is 2.22. The highest BCUT2D eigenvalue weighted by atomic mass is 32.2. The molecule has 0 spiro atoms. The molecule has 0 aliphatic carbocycles. The van der Waals surface area contributed by atoms with Crippen molar-refractivity contribution < 1.29 is 14.3 Å². The second-order valence-corrected chi connectivity index (χ2v) is 6.77. The fraction of sp³-hybridized carbons (Fsp3) is 0.190. The Morgan fingerprint density at radius 1 is 1.15 bits per heavy atom. The highest BCUT2D eigenvalue weighted by Crippen LogP contribution is 2.16. The van der Waals surface area contributed by atoms with Crippen LogP contribution >= 0.6 is 11.8 Å². The number of hydrogen-bond donors (Lipinski definition) is 0. The van der Waals surface area contributed by atoms with Crippen molar-refractivity contribution in [1.82, 2.24) is 5.01 Å². The number of thioether (sulfide) groups is 1. The van der Waals surface area contributed by atoms with Crippen LogP contribution in [0.5, 0.6) is 0 Å². The molecule has 1 aliphatic heterocycles. The first-order valence-corrected chi connectivity index (χ1v) is 9.80. The van der Waals surface area contributed by atoms with Crippen LogP contribution in [0.15, 0.2) is 70.7 Å². The largest absolute Gasteiger partial charge is 0.452 e. The van der Waals surface area contributed by atoms with Crippen LogP contribution in [0.2, 0.25) is 0 Å². The van der Waals surface area contributed by atoms with Crippen molar-refractivity contribution in [3.63, 3.8) is 0 Å². The minimum absolute atomic E-state index is 0.319. The van der Waals surface area contributed by atoms with E-state index in [1.807, 2.05) is 60.9 Å². The zero-order chi connectivity index (χ0) is 19.1. The molecule has 0 N–H and O–H groups in total. The van der Waals surface area contributed by atoms with Crippen LogP contribution < -0.4 is 0 Å². The molecule has 0 saturated carbocycles. The van der Waals surface area contributed by atoms with Gasteiger partial charge in [-0.15, -0.1) is 11.8 Å². The van der Waals surface area contributed by atoms with Crippen molar-refractivity contribution >= 4 is 35.4 Å². The lowest BCUT2D eigenvalue weighted by atomic mass is 10.1. The summed E-state index contributed by atoms with van der Waals surface area (Å²) in [6.07, 6.45) is 5.69. The molecular weight excluding hydrogens is 360 g/mol. The summed E-state index contributed by atoms with van der Waals surface area (Å²) in [5.41, 5.74) is 2.76. The first-order valence-electron chi connectivity index (χ1n) is 8.58. The van der Waals surface area contributed by atoms with Gasteiger partial charge in [-0.05, 0) is 35.6 Å². The maximum absolute atomic E-state index is 12.2. The summed E-state index contributed by atoms with van der Waals surface area (Å²) in [6.45, 7) is 0.179. The molecule has 2 aromatic carbocycles. The van der Waals surface area contributed by atoms with E-state index in [1.165, 1.54) is 11.1 Å². The average molecular weight is 380 g/mol. The molecule has 6 heteroatoms. The van der Waals surface area contributed by atoms with Crippen LogP contribution in [-0.2, 0) is 14.3 Å². The van der Waals surface area contributed by atoms with Crippen LogP contribution in [0, 0.1) is 0 Å². The van der Waals surface area contributed by atoms with Gasteiger partial charge in [0.2, 0.25) is 0 Å². The summed E-state index contributed by atoms with van der Waals surface area (Å²) >= 11 is 1.66. The minimum atomic E-state index is -0.552. The van der Waals surface area contributed by atoms with E-state index in [1.54, 1.807) is 17.8 Å². The van der Waals surface area contributed by atoms with Gasteiger partial charge in [0, 0.05) is 17.4 Å². The lowest BCUT2D eigenvalue weighted by Gasteiger charge is -2.10. The van der Waals surface area contributed by atoms with Crippen molar-refractivity contribution in [3.8, 4) is 0 Å². The van der Waals surface area contributed by atoms with E-state index in [9.17, 15) is 9.59 Å². The Balaban J connectivity index is 1.49. The van der Waals surface area contributed by atoms with Gasteiger partial charge in [-0.2, -0.15) is 5.10 Å². The second kappa shape index (κ2) is 9.19. The standard InChI is InChI=1S/C21H20N2O3S/c1-27-18-10-7-16(8-11-18)9-12-21(25)26-15-20(24)23-14-13-19(22-23)17-5-3-2-4-6-17/h2-12H,13-15H2,1H3/b12-9+. The number of benzene rings is 2. The van der Waals surface area contributed by atoms with Crippen molar-refractivity contribution in [2.75, 3.05) is 19.4 Å². The molecular formula is C21H20N2O3S. The summed E-state index contributed by atoms with van der Waals surface area (Å²) < 4.78 is 5.03. The van der Waals surface area contributed by atoms with Crippen LogP contribution in [0.4, 0.5) is 0 Å². The Morgan fingerprint density at radius 3 is 2.59 bits per heavy atom. The Bertz CT molecular complexity index is 861. The van der Waals surface area contributed by atoms with E-state index in [2.05, 4.69) is 5.10 Å². The third-order valence-electron chi connectivity index (χ3n) is 4.06. The zero-order valence-corrected chi connectivity index (χ0v) is 15.8. The van der Waals surface area contributed by atoms with Gasteiger partial charge in [-0.25, -0.2) is 9.80 Å². The lowest BCUT2D eigenvalue weighted by molar-refractivity contribution is -0.147. The molecule has 5 nitrogen and oxygen atoms in total. The summed E-state index contributed by atoms with van der Waals surface area (Å²) in [4.78, 5) is 25.2. The highest BCUT2D eigenvalue weighted by molar-refractivity contribution is 7.98. The molecule has 2 aromatic rings. The molecule has 1 heterocycles. The normalized spacial score (nSPS) is 13.7. The van der Waals surface area contributed by atoms with Crippen molar-refractivity contribution in [2.24, 2.45) is 5.10 Å². The molecule has 0 bridgehead atoms. The van der Waals surface area contributed by atoms with E-state index < -0.39 is 5.97 Å². The van der Waals surface area contributed by atoms with E-state index in [0.29, 0.717) is 13.0 Å². The maximum atomic E-state index is 12.2. The van der Waals surface area contributed by atoms with E-state index in [-0.39, 0.29) is 12.5 Å². The number of carbonyl (C=O) groups excluding carboxylic acids is 2. The van der Waals surface area contributed by atoms with Gasteiger partial charge >= 0.3 is 5.97 Å². The SMILES string of the molecule is CSc1ccc(/C=C/C(=O)OCC(=O)N2CCC(c3ccccc3)=N2)cc1. The Labute approximate surface area is 162 Å². The van der Waals surface area contributed by atoms with Gasteiger partial charge in [-0.3, -0.25) is 4.79 Å². The van der Waals surface area contributed by atoms with Crippen LogP contribution in [0.25, 0.3) is 6.08 Å². The molecule has 27 heavy (non-hydrogen) atoms. The Morgan fingerprint density at radius 2 is 1.89 bits per heavy atom. The number of rotatable bonds is 6.